The third-order valence-electron chi connectivity index (χ3n) is 2.45. The second-order valence-electron chi connectivity index (χ2n) is 4.00. The van der Waals surface area contributed by atoms with E-state index < -0.39 is 36.9 Å². The lowest BCUT2D eigenvalue weighted by molar-refractivity contribution is -0.137. The van der Waals surface area contributed by atoms with Crippen LogP contribution in [0.4, 0.5) is 13.2 Å². The van der Waals surface area contributed by atoms with Crippen LogP contribution >= 0.6 is 0 Å². The zero-order valence-electron chi connectivity index (χ0n) is 9.94. The number of alkyl halides is 3. The molecular weight excluding hydrogens is 263 g/mol. The molecule has 0 fully saturated rings. The summed E-state index contributed by atoms with van der Waals surface area (Å²) in [6, 6.07) is 3.47. The Morgan fingerprint density at radius 2 is 1.68 bits per heavy atom. The van der Waals surface area contributed by atoms with E-state index in [1.165, 1.54) is 12.1 Å². The highest BCUT2D eigenvalue weighted by Gasteiger charge is 2.29. The Balaban J connectivity index is 2.61. The summed E-state index contributed by atoms with van der Waals surface area (Å²) >= 11 is 0. The normalized spacial score (nSPS) is 11.7. The monoisotopic (exact) mass is 277 g/mol. The summed E-state index contributed by atoms with van der Waals surface area (Å²) in [5.41, 5.74) is -0.361. The first-order chi connectivity index (χ1) is 8.86. The first-order valence-electron chi connectivity index (χ1n) is 5.54. The Kier molecular flexibility index (Phi) is 5.31. The molecule has 3 N–H and O–H groups in total. The van der Waals surface area contributed by atoms with Crippen molar-refractivity contribution in [3.8, 4) is 0 Å². The fourth-order valence-corrected chi connectivity index (χ4v) is 1.42. The SMILES string of the molecule is O=C(Cc1ccc(C(F)(F)F)cc1)NC(CO)CO. The molecular formula is C12H14F3NO3. The fourth-order valence-electron chi connectivity index (χ4n) is 1.42. The molecule has 0 aliphatic rings. The zero-order valence-corrected chi connectivity index (χ0v) is 9.94. The Hall–Kier alpha value is -1.60. The quantitative estimate of drug-likeness (QED) is 0.742. The van der Waals surface area contributed by atoms with E-state index in [1.54, 1.807) is 0 Å². The van der Waals surface area contributed by atoms with Gasteiger partial charge in [0.15, 0.2) is 0 Å². The van der Waals surface area contributed by atoms with Crippen LogP contribution in [0.3, 0.4) is 0 Å². The van der Waals surface area contributed by atoms with Crippen LogP contribution < -0.4 is 5.32 Å². The number of benzene rings is 1. The number of hydrogen-bond donors (Lipinski definition) is 3. The minimum Gasteiger partial charge on any atom is -0.394 e. The highest BCUT2D eigenvalue weighted by molar-refractivity contribution is 5.78. The molecule has 0 saturated carbocycles. The van der Waals surface area contributed by atoms with Crippen molar-refractivity contribution in [1.29, 1.82) is 0 Å². The van der Waals surface area contributed by atoms with Crippen LogP contribution in [0.25, 0.3) is 0 Å². The van der Waals surface area contributed by atoms with E-state index in [-0.39, 0.29) is 6.42 Å². The summed E-state index contributed by atoms with van der Waals surface area (Å²) in [6.45, 7) is -0.815. The van der Waals surface area contributed by atoms with Gasteiger partial charge in [-0.1, -0.05) is 12.1 Å². The smallest absolute Gasteiger partial charge is 0.394 e. The molecule has 0 saturated heterocycles. The van der Waals surface area contributed by atoms with Crippen molar-refractivity contribution in [1.82, 2.24) is 5.32 Å². The van der Waals surface area contributed by atoms with Crippen LogP contribution in [-0.4, -0.2) is 35.4 Å². The second-order valence-corrected chi connectivity index (χ2v) is 4.00. The van der Waals surface area contributed by atoms with Crippen LogP contribution in [0.1, 0.15) is 11.1 Å². The Bertz CT molecular complexity index is 413. The zero-order chi connectivity index (χ0) is 14.5. The van der Waals surface area contributed by atoms with Crippen molar-refractivity contribution in [2.24, 2.45) is 0 Å². The van der Waals surface area contributed by atoms with Gasteiger partial charge >= 0.3 is 6.18 Å². The molecule has 106 valence electrons. The van der Waals surface area contributed by atoms with Crippen molar-refractivity contribution in [2.75, 3.05) is 13.2 Å². The number of nitrogens with one attached hydrogen (secondary N) is 1. The fraction of sp³-hybridized carbons (Fsp3) is 0.417. The van der Waals surface area contributed by atoms with Crippen molar-refractivity contribution in [2.45, 2.75) is 18.6 Å². The van der Waals surface area contributed by atoms with Crippen molar-refractivity contribution >= 4 is 5.91 Å². The summed E-state index contributed by atoms with van der Waals surface area (Å²) in [7, 11) is 0. The molecule has 0 spiro atoms. The molecule has 0 aliphatic carbocycles. The lowest BCUT2D eigenvalue weighted by Crippen LogP contribution is -2.40. The molecule has 1 amide bonds. The van der Waals surface area contributed by atoms with Crippen molar-refractivity contribution in [3.63, 3.8) is 0 Å². The highest BCUT2D eigenvalue weighted by Crippen LogP contribution is 2.29. The molecule has 0 aliphatic heterocycles. The molecule has 0 heterocycles. The van der Waals surface area contributed by atoms with E-state index in [9.17, 15) is 18.0 Å². The van der Waals surface area contributed by atoms with Crippen molar-refractivity contribution < 1.29 is 28.2 Å². The maximum absolute atomic E-state index is 12.3. The lowest BCUT2D eigenvalue weighted by Gasteiger charge is -2.13. The number of aliphatic hydroxyl groups is 2. The minimum absolute atomic E-state index is 0.116. The van der Waals surface area contributed by atoms with E-state index in [4.69, 9.17) is 10.2 Å². The Morgan fingerprint density at radius 3 is 2.11 bits per heavy atom. The maximum atomic E-state index is 12.3. The summed E-state index contributed by atoms with van der Waals surface area (Å²) < 4.78 is 36.9. The first-order valence-corrected chi connectivity index (χ1v) is 5.54. The van der Waals surface area contributed by atoms with Crippen LogP contribution in [0.15, 0.2) is 24.3 Å². The first kappa shape index (κ1) is 15.5. The minimum atomic E-state index is -4.40. The van der Waals surface area contributed by atoms with Gasteiger partial charge in [0, 0.05) is 0 Å². The van der Waals surface area contributed by atoms with Crippen LogP contribution in [-0.2, 0) is 17.4 Å². The van der Waals surface area contributed by atoms with Gasteiger partial charge in [0.2, 0.25) is 5.91 Å². The molecule has 0 atom stereocenters. The predicted octanol–water partition coefficient (Wildman–Crippen LogP) is 0.717. The van der Waals surface area contributed by atoms with Crippen LogP contribution in [0, 0.1) is 0 Å². The van der Waals surface area contributed by atoms with E-state index >= 15 is 0 Å². The standard InChI is InChI=1S/C12H14F3NO3/c13-12(14,15)9-3-1-8(2-4-9)5-11(19)16-10(6-17)7-18/h1-4,10,17-18H,5-7H2,(H,16,19). The number of halogens is 3. The van der Waals surface area contributed by atoms with E-state index in [0.717, 1.165) is 12.1 Å². The van der Waals surface area contributed by atoms with Gasteiger partial charge in [-0.15, -0.1) is 0 Å². The molecule has 1 rings (SSSR count). The van der Waals surface area contributed by atoms with Crippen molar-refractivity contribution in [3.05, 3.63) is 35.4 Å². The summed E-state index contributed by atoms with van der Waals surface area (Å²) in [6.07, 6.45) is -4.52. The van der Waals surface area contributed by atoms with Crippen LogP contribution in [0.2, 0.25) is 0 Å². The maximum Gasteiger partial charge on any atom is 0.416 e. The van der Waals surface area contributed by atoms with Crippen LogP contribution in [0.5, 0.6) is 0 Å². The predicted molar refractivity (Wildman–Crippen MR) is 61.3 cm³/mol. The molecule has 19 heavy (non-hydrogen) atoms. The van der Waals surface area contributed by atoms with Gasteiger partial charge in [-0.3, -0.25) is 4.79 Å². The molecule has 0 radical (unpaired) electrons. The average Bonchev–Trinajstić information content (AvgIpc) is 2.35. The summed E-state index contributed by atoms with van der Waals surface area (Å²) in [5, 5.41) is 19.9. The topological polar surface area (TPSA) is 69.6 Å². The number of hydrogen-bond acceptors (Lipinski definition) is 3. The summed E-state index contributed by atoms with van der Waals surface area (Å²) in [5.74, 6) is -0.479. The molecule has 1 aromatic rings. The number of aliphatic hydroxyl groups excluding tert-OH is 2. The van der Waals surface area contributed by atoms with Gasteiger partial charge < -0.3 is 15.5 Å². The molecule has 4 nitrogen and oxygen atoms in total. The number of carbonyl (C=O) groups excluding carboxylic acids is 1. The Morgan fingerprint density at radius 1 is 1.16 bits per heavy atom. The van der Waals surface area contributed by atoms with Gasteiger partial charge in [0.05, 0.1) is 31.2 Å². The van der Waals surface area contributed by atoms with Gasteiger partial charge in [-0.2, -0.15) is 13.2 Å². The van der Waals surface area contributed by atoms with Gasteiger partial charge in [-0.05, 0) is 17.7 Å². The highest BCUT2D eigenvalue weighted by atomic mass is 19.4. The van der Waals surface area contributed by atoms with Gasteiger partial charge in [0.25, 0.3) is 0 Å². The number of amides is 1. The molecule has 1 aromatic carbocycles. The summed E-state index contributed by atoms with van der Waals surface area (Å²) in [4.78, 5) is 11.5. The van der Waals surface area contributed by atoms with Gasteiger partial charge in [0.1, 0.15) is 0 Å². The lowest BCUT2D eigenvalue weighted by atomic mass is 10.1. The average molecular weight is 277 g/mol. The molecule has 0 unspecified atom stereocenters. The Labute approximate surface area is 107 Å². The molecule has 0 bridgehead atoms. The molecule has 0 aromatic heterocycles. The number of carbonyl (C=O) groups is 1. The largest absolute Gasteiger partial charge is 0.416 e. The third kappa shape index (κ3) is 4.88. The van der Waals surface area contributed by atoms with E-state index in [1.807, 2.05) is 0 Å². The third-order valence-corrected chi connectivity index (χ3v) is 2.45. The van der Waals surface area contributed by atoms with E-state index in [2.05, 4.69) is 5.32 Å². The number of rotatable bonds is 5. The molecule has 7 heteroatoms. The van der Waals surface area contributed by atoms with E-state index in [0.29, 0.717) is 5.56 Å². The second kappa shape index (κ2) is 6.53. The van der Waals surface area contributed by atoms with Gasteiger partial charge in [-0.25, -0.2) is 0 Å².